The molecule has 0 bridgehead atoms. The van der Waals surface area contributed by atoms with E-state index in [1.54, 1.807) is 51.4 Å². The third-order valence-electron chi connectivity index (χ3n) is 11.6. The molecule has 8 atom stereocenters. The van der Waals surface area contributed by atoms with Gasteiger partial charge in [-0.1, -0.05) is 85.5 Å². The van der Waals surface area contributed by atoms with Crippen LogP contribution in [0.3, 0.4) is 0 Å². The second-order valence-electron chi connectivity index (χ2n) is 13.3. The Morgan fingerprint density at radius 2 is 1.03 bits per heavy atom. The van der Waals surface area contributed by atoms with E-state index in [4.69, 9.17) is 17.0 Å². The molecule has 33 heavy (non-hydrogen) atoms. The van der Waals surface area contributed by atoms with E-state index in [9.17, 15) is 0 Å². The minimum absolute atomic E-state index is 0. The van der Waals surface area contributed by atoms with Crippen molar-refractivity contribution in [3.05, 3.63) is 14.9 Å². The van der Waals surface area contributed by atoms with Crippen molar-refractivity contribution in [2.24, 2.45) is 41.4 Å². The molecule has 0 N–H and O–H groups in total. The summed E-state index contributed by atoms with van der Waals surface area (Å²) in [5, 5.41) is 0. The molecule has 0 aromatic carbocycles. The van der Waals surface area contributed by atoms with Crippen LogP contribution in [0, 0.1) is 56.3 Å². The molecule has 4 aliphatic rings. The minimum atomic E-state index is -1.23. The normalized spacial score (nSPS) is 38.1. The zero-order valence-electron chi connectivity index (χ0n) is 23.5. The van der Waals surface area contributed by atoms with E-state index in [-0.39, 0.29) is 14.9 Å². The van der Waals surface area contributed by atoms with Gasteiger partial charge in [0, 0.05) is 15.2 Å². The van der Waals surface area contributed by atoms with Gasteiger partial charge in [-0.25, -0.2) is 0 Å². The van der Waals surface area contributed by atoms with Crippen molar-refractivity contribution in [2.45, 2.75) is 122 Å². The zero-order valence-corrected chi connectivity index (χ0v) is 29.5. The molecule has 0 spiro atoms. The second kappa shape index (κ2) is 13.6. The van der Waals surface area contributed by atoms with E-state index in [2.05, 4.69) is 47.0 Å². The predicted octanol–water partition coefficient (Wildman–Crippen LogP) is 10.8. The predicted molar refractivity (Wildman–Crippen MR) is 155 cm³/mol. The van der Waals surface area contributed by atoms with Crippen molar-refractivity contribution in [3.63, 3.8) is 0 Å². The number of rotatable bonds is 4. The molecule has 5 heteroatoms. The summed E-state index contributed by atoms with van der Waals surface area (Å²) in [6.07, 6.45) is 15.7. The maximum atomic E-state index is 4.93. The van der Waals surface area contributed by atoms with Crippen LogP contribution in [-0.4, -0.2) is 15.2 Å². The molecule has 0 saturated heterocycles. The number of fused-ring (bicyclic) bond motifs is 2. The summed E-state index contributed by atoms with van der Waals surface area (Å²) in [5.74, 6) is 7.44. The van der Waals surface area contributed by atoms with E-state index < -0.39 is 36.0 Å². The zero-order chi connectivity index (χ0) is 23.0. The van der Waals surface area contributed by atoms with Crippen LogP contribution in [-0.2, 0) is 20.8 Å². The molecule has 0 radical (unpaired) electrons. The summed E-state index contributed by atoms with van der Waals surface area (Å²) in [5.41, 5.74) is 2.32. The maximum absolute atomic E-state index is 4.93. The first-order chi connectivity index (χ1) is 14.6. The van der Waals surface area contributed by atoms with E-state index in [1.165, 1.54) is 12.8 Å². The Kier molecular flexibility index (Phi) is 13.6. The van der Waals surface area contributed by atoms with Crippen LogP contribution in [0.5, 0.6) is 0 Å². The first-order valence-corrected chi connectivity index (χ1v) is 27.0. The van der Waals surface area contributed by atoms with Crippen molar-refractivity contribution in [1.29, 1.82) is 0 Å². The molecule has 0 aromatic heterocycles. The van der Waals surface area contributed by atoms with Gasteiger partial charge in [-0.2, -0.15) is 0 Å². The molecule has 8 unspecified atom stereocenters. The average molecular weight is 611 g/mol. The van der Waals surface area contributed by atoms with Gasteiger partial charge < -0.3 is 14.9 Å². The van der Waals surface area contributed by atoms with Crippen LogP contribution in [0.4, 0.5) is 0 Å². The van der Waals surface area contributed by atoms with Crippen LogP contribution >= 0.6 is 17.0 Å². The van der Waals surface area contributed by atoms with Gasteiger partial charge in [0.05, 0.1) is 0 Å². The van der Waals surface area contributed by atoms with Crippen LogP contribution < -0.4 is 0 Å². The third-order valence-corrected chi connectivity index (χ3v) is 32.1. The molecule has 194 valence electrons. The van der Waals surface area contributed by atoms with Gasteiger partial charge in [0.1, 0.15) is 0 Å². The average Bonchev–Trinajstić information content (AvgIpc) is 3.28. The standard InChI is InChI=1S/C26H50Si2.2CH3.2ClH.Zr/c1-18(2)24-17-26(23-15-11-9-13-21(23)24)28(6,7)27(4,5)25-16-19(3)20-12-8-10-14-22(20)25;;;;;/h18-26H,8-17H2,1-7H3;2*1H3;2*1H;/q;2*-1;;;+4/p-2. The Hall–Kier alpha value is 1.90. The first kappa shape index (κ1) is 32.9. The van der Waals surface area contributed by atoms with Gasteiger partial charge in [0.2, 0.25) is 0 Å². The van der Waals surface area contributed by atoms with Crippen molar-refractivity contribution in [1.82, 2.24) is 0 Å². The molecule has 0 aliphatic heterocycles. The fourth-order valence-corrected chi connectivity index (χ4v) is 23.8. The van der Waals surface area contributed by atoms with Crippen molar-refractivity contribution in [2.75, 3.05) is 0 Å². The summed E-state index contributed by atoms with van der Waals surface area (Å²) in [4.78, 5) is 0. The van der Waals surface area contributed by atoms with E-state index >= 15 is 0 Å². The molecular weight excluding hydrogens is 555 g/mol. The molecule has 4 fully saturated rings. The molecule has 4 saturated carbocycles. The molecule has 0 nitrogen and oxygen atoms in total. The van der Waals surface area contributed by atoms with Crippen LogP contribution in [0.15, 0.2) is 0 Å². The fraction of sp³-hybridized carbons (Fsp3) is 0.929. The first-order valence-electron chi connectivity index (χ1n) is 13.5. The fourth-order valence-electron chi connectivity index (χ4n) is 9.39. The van der Waals surface area contributed by atoms with Crippen molar-refractivity contribution < 1.29 is 20.8 Å². The summed E-state index contributed by atoms with van der Waals surface area (Å²) in [6.45, 7) is 19.4. The van der Waals surface area contributed by atoms with Crippen LogP contribution in [0.25, 0.3) is 0 Å². The Morgan fingerprint density at radius 3 is 1.48 bits per heavy atom. The molecule has 4 aliphatic carbocycles. The van der Waals surface area contributed by atoms with Crippen molar-refractivity contribution >= 4 is 32.2 Å². The Labute approximate surface area is 230 Å². The topological polar surface area (TPSA) is 0 Å². The van der Waals surface area contributed by atoms with E-state index in [0.29, 0.717) is 0 Å². The Bertz CT molecular complexity index is 582. The summed E-state index contributed by atoms with van der Waals surface area (Å²) < 4.78 is 0. The molecule has 4 rings (SSSR count). The SMILES string of the molecule is CC(C)C1CC([Si](C)(C)[Si](C)(C)C2CC(C)C3CCCCC32)C2CCCCC12.[CH3-].[CH3-].[Cl][Zr+2][Cl]. The monoisotopic (exact) mass is 608 g/mol. The molecule has 0 heterocycles. The summed E-state index contributed by atoms with van der Waals surface area (Å²) >= 11 is -0.826. The van der Waals surface area contributed by atoms with Crippen molar-refractivity contribution in [3.8, 4) is 0 Å². The summed E-state index contributed by atoms with van der Waals surface area (Å²) in [6, 6.07) is 0. The molecular formula is C28H56Cl2Si2Zr. The Morgan fingerprint density at radius 1 is 0.667 bits per heavy atom. The Balaban J connectivity index is 0.00000103. The summed E-state index contributed by atoms with van der Waals surface area (Å²) in [7, 11) is 7.43. The van der Waals surface area contributed by atoms with E-state index in [1.807, 2.05) is 0 Å². The number of hydrogen-bond donors (Lipinski definition) is 0. The van der Waals surface area contributed by atoms with Gasteiger partial charge >= 0.3 is 37.9 Å². The van der Waals surface area contributed by atoms with Gasteiger partial charge in [-0.15, -0.1) is 0 Å². The van der Waals surface area contributed by atoms with Crippen LogP contribution in [0.2, 0.25) is 37.3 Å². The molecule has 0 aromatic rings. The van der Waals surface area contributed by atoms with Gasteiger partial charge in [0.15, 0.2) is 0 Å². The quantitative estimate of drug-likeness (QED) is 0.219. The third kappa shape index (κ3) is 6.49. The number of halogens is 2. The number of hydrogen-bond acceptors (Lipinski definition) is 0. The van der Waals surface area contributed by atoms with E-state index in [0.717, 1.165) is 52.5 Å². The van der Waals surface area contributed by atoms with Crippen LogP contribution in [0.1, 0.15) is 85.0 Å². The second-order valence-corrected chi connectivity index (χ2v) is 33.1. The van der Waals surface area contributed by atoms with Gasteiger partial charge in [-0.05, 0) is 78.2 Å². The molecule has 0 amide bonds. The van der Waals surface area contributed by atoms with Gasteiger partial charge in [0.25, 0.3) is 0 Å². The van der Waals surface area contributed by atoms with Gasteiger partial charge in [-0.3, -0.25) is 0 Å².